The highest BCUT2D eigenvalue weighted by Crippen LogP contribution is 2.39. The molecule has 0 radical (unpaired) electrons. The summed E-state index contributed by atoms with van der Waals surface area (Å²) in [5.74, 6) is 0. The molecule has 10 aromatic rings. The molecule has 0 atom stereocenters. The van der Waals surface area contributed by atoms with Crippen LogP contribution in [0.4, 0.5) is 0 Å². The minimum Gasteiger partial charge on any atom is -0.456 e. The number of aromatic nitrogens is 2. The molecule has 0 fully saturated rings. The van der Waals surface area contributed by atoms with Crippen molar-refractivity contribution in [1.29, 1.82) is 10.5 Å². The van der Waals surface area contributed by atoms with E-state index in [0.29, 0.717) is 11.1 Å². The average molecular weight is 625 g/mol. The molecule has 3 aromatic heterocycles. The van der Waals surface area contributed by atoms with Gasteiger partial charge in [-0.1, -0.05) is 66.7 Å². The molecule has 0 aliphatic heterocycles. The SMILES string of the molecule is N#Cc1cccc2c1c1ccccc1n2-c1cccc(-c2ccc3oc4ccc(-n5c6ccccc6c6c(C#N)cccc65)cc4c3c2)c1. The van der Waals surface area contributed by atoms with E-state index in [1.807, 2.05) is 54.6 Å². The summed E-state index contributed by atoms with van der Waals surface area (Å²) < 4.78 is 10.8. The summed E-state index contributed by atoms with van der Waals surface area (Å²) >= 11 is 0. The van der Waals surface area contributed by atoms with Gasteiger partial charge in [-0.25, -0.2) is 0 Å². The van der Waals surface area contributed by atoms with E-state index in [4.69, 9.17) is 4.42 Å². The van der Waals surface area contributed by atoms with Crippen molar-refractivity contribution >= 4 is 65.6 Å². The van der Waals surface area contributed by atoms with Crippen LogP contribution in [0.15, 0.2) is 150 Å². The van der Waals surface area contributed by atoms with Crippen LogP contribution in [-0.4, -0.2) is 9.13 Å². The molecule has 7 aromatic carbocycles. The Morgan fingerprint density at radius 2 is 0.918 bits per heavy atom. The Kier molecular flexibility index (Phi) is 5.64. The smallest absolute Gasteiger partial charge is 0.135 e. The first kappa shape index (κ1) is 27.1. The Bertz CT molecular complexity index is 3090. The Morgan fingerprint density at radius 1 is 0.408 bits per heavy atom. The van der Waals surface area contributed by atoms with Crippen molar-refractivity contribution in [1.82, 2.24) is 9.13 Å². The highest BCUT2D eigenvalue weighted by atomic mass is 16.3. The normalized spacial score (nSPS) is 11.6. The lowest BCUT2D eigenvalue weighted by molar-refractivity contribution is 0.669. The molecular weight excluding hydrogens is 601 g/mol. The van der Waals surface area contributed by atoms with Crippen molar-refractivity contribution in [2.75, 3.05) is 0 Å². The van der Waals surface area contributed by atoms with E-state index in [1.165, 1.54) is 0 Å². The second kappa shape index (κ2) is 10.2. The predicted molar refractivity (Wildman–Crippen MR) is 197 cm³/mol. The van der Waals surface area contributed by atoms with Crippen LogP contribution in [0.5, 0.6) is 0 Å². The van der Waals surface area contributed by atoms with Gasteiger partial charge in [0.25, 0.3) is 0 Å². The van der Waals surface area contributed by atoms with Gasteiger partial charge in [0.05, 0.1) is 45.3 Å². The zero-order valence-electron chi connectivity index (χ0n) is 26.1. The third kappa shape index (κ3) is 3.85. The second-order valence-corrected chi connectivity index (χ2v) is 12.4. The molecule has 0 aliphatic carbocycles. The van der Waals surface area contributed by atoms with Gasteiger partial charge in [0.2, 0.25) is 0 Å². The lowest BCUT2D eigenvalue weighted by atomic mass is 10.0. The van der Waals surface area contributed by atoms with Crippen molar-refractivity contribution in [2.24, 2.45) is 0 Å². The Morgan fingerprint density at radius 3 is 1.55 bits per heavy atom. The van der Waals surface area contributed by atoms with E-state index in [9.17, 15) is 10.5 Å². The van der Waals surface area contributed by atoms with Gasteiger partial charge in [0.15, 0.2) is 0 Å². The van der Waals surface area contributed by atoms with Gasteiger partial charge in [0, 0.05) is 43.7 Å². The summed E-state index contributed by atoms with van der Waals surface area (Å²) in [6.45, 7) is 0. The third-order valence-corrected chi connectivity index (χ3v) is 9.78. The van der Waals surface area contributed by atoms with Crippen molar-refractivity contribution < 1.29 is 4.42 Å². The fourth-order valence-corrected chi connectivity index (χ4v) is 7.69. The molecule has 0 aliphatic rings. The Labute approximate surface area is 280 Å². The molecule has 0 saturated carbocycles. The quantitative estimate of drug-likeness (QED) is 0.196. The number of hydrogen-bond donors (Lipinski definition) is 0. The van der Waals surface area contributed by atoms with E-state index >= 15 is 0 Å². The summed E-state index contributed by atoms with van der Waals surface area (Å²) in [5.41, 5.74) is 11.3. The number of para-hydroxylation sites is 2. The molecule has 0 saturated heterocycles. The zero-order valence-corrected chi connectivity index (χ0v) is 26.1. The van der Waals surface area contributed by atoms with E-state index < -0.39 is 0 Å². The lowest BCUT2D eigenvalue weighted by Gasteiger charge is -2.10. The van der Waals surface area contributed by atoms with Crippen LogP contribution < -0.4 is 0 Å². The van der Waals surface area contributed by atoms with Gasteiger partial charge in [0.1, 0.15) is 11.2 Å². The van der Waals surface area contributed by atoms with Gasteiger partial charge in [-0.3, -0.25) is 0 Å². The molecule has 49 heavy (non-hydrogen) atoms. The van der Waals surface area contributed by atoms with Gasteiger partial charge in [-0.2, -0.15) is 10.5 Å². The predicted octanol–water partition coefficient (Wildman–Crippen LogP) is 11.2. The largest absolute Gasteiger partial charge is 0.456 e. The molecule has 0 N–H and O–H groups in total. The maximum absolute atomic E-state index is 9.93. The maximum atomic E-state index is 9.93. The first-order chi connectivity index (χ1) is 24.2. The van der Waals surface area contributed by atoms with E-state index in [0.717, 1.165) is 88.1 Å². The van der Waals surface area contributed by atoms with E-state index in [2.05, 4.69) is 112 Å². The van der Waals surface area contributed by atoms with Gasteiger partial charge >= 0.3 is 0 Å². The minimum atomic E-state index is 0.667. The molecule has 0 unspecified atom stereocenters. The van der Waals surface area contributed by atoms with Crippen LogP contribution in [0.3, 0.4) is 0 Å². The monoisotopic (exact) mass is 624 g/mol. The second-order valence-electron chi connectivity index (χ2n) is 12.4. The molecule has 10 rings (SSSR count). The molecule has 0 amide bonds. The van der Waals surface area contributed by atoms with Crippen LogP contribution in [0.1, 0.15) is 11.1 Å². The van der Waals surface area contributed by atoms with Crippen LogP contribution in [-0.2, 0) is 0 Å². The molecule has 5 nitrogen and oxygen atoms in total. The fraction of sp³-hybridized carbons (Fsp3) is 0. The first-order valence-corrected chi connectivity index (χ1v) is 16.1. The van der Waals surface area contributed by atoms with Gasteiger partial charge in [-0.15, -0.1) is 0 Å². The van der Waals surface area contributed by atoms with Crippen LogP contribution in [0.25, 0.3) is 88.1 Å². The van der Waals surface area contributed by atoms with Crippen LogP contribution >= 0.6 is 0 Å². The molecular formula is C44H24N4O. The van der Waals surface area contributed by atoms with Crippen molar-refractivity contribution in [3.63, 3.8) is 0 Å². The van der Waals surface area contributed by atoms with Crippen LogP contribution in [0, 0.1) is 22.7 Å². The lowest BCUT2D eigenvalue weighted by Crippen LogP contribution is -1.94. The van der Waals surface area contributed by atoms with Crippen LogP contribution in [0.2, 0.25) is 0 Å². The highest BCUT2D eigenvalue weighted by molar-refractivity contribution is 6.13. The summed E-state index contributed by atoms with van der Waals surface area (Å²) in [7, 11) is 0. The van der Waals surface area contributed by atoms with Crippen molar-refractivity contribution in [3.8, 4) is 34.6 Å². The molecule has 3 heterocycles. The van der Waals surface area contributed by atoms with Gasteiger partial charge < -0.3 is 13.6 Å². The summed E-state index contributed by atoms with van der Waals surface area (Å²) in [6, 6.07) is 54.4. The summed E-state index contributed by atoms with van der Waals surface area (Å²) in [6.07, 6.45) is 0. The maximum Gasteiger partial charge on any atom is 0.135 e. The first-order valence-electron chi connectivity index (χ1n) is 16.1. The highest BCUT2D eigenvalue weighted by Gasteiger charge is 2.18. The van der Waals surface area contributed by atoms with E-state index in [1.54, 1.807) is 0 Å². The Hall–Kier alpha value is -7.08. The van der Waals surface area contributed by atoms with E-state index in [-0.39, 0.29) is 0 Å². The summed E-state index contributed by atoms with van der Waals surface area (Å²) in [5, 5.41) is 26.0. The summed E-state index contributed by atoms with van der Waals surface area (Å²) in [4.78, 5) is 0. The third-order valence-electron chi connectivity index (χ3n) is 9.78. The number of rotatable bonds is 3. The topological polar surface area (TPSA) is 70.6 Å². The number of nitriles is 2. The number of hydrogen-bond acceptors (Lipinski definition) is 3. The Balaban J connectivity index is 1.15. The number of fused-ring (bicyclic) bond motifs is 9. The molecule has 0 spiro atoms. The molecule has 0 bridgehead atoms. The number of nitrogens with zero attached hydrogens (tertiary/aromatic N) is 4. The van der Waals surface area contributed by atoms with Crippen molar-refractivity contribution in [2.45, 2.75) is 0 Å². The van der Waals surface area contributed by atoms with Crippen molar-refractivity contribution in [3.05, 3.63) is 157 Å². The minimum absolute atomic E-state index is 0.667. The van der Waals surface area contributed by atoms with Gasteiger partial charge in [-0.05, 0) is 90.0 Å². The number of furan rings is 1. The molecule has 226 valence electrons. The number of benzene rings is 7. The fourth-order valence-electron chi connectivity index (χ4n) is 7.69. The zero-order chi connectivity index (χ0) is 32.6. The standard InChI is InChI=1S/C44H24N4O/c45-25-29-9-6-16-39-43(29)33-12-1-3-14-37(33)47(39)31-11-5-8-27(22-31)28-18-20-41-35(23-28)36-24-32(19-21-42(36)49-41)48-38-15-4-2-13-34(38)44-30(26-46)10-7-17-40(44)48/h1-24H. The molecule has 5 heteroatoms. The average Bonchev–Trinajstić information content (AvgIpc) is 3.82.